The van der Waals surface area contributed by atoms with Crippen molar-refractivity contribution in [2.75, 3.05) is 6.54 Å². The number of amidine groups is 1. The summed E-state index contributed by atoms with van der Waals surface area (Å²) in [4.78, 5) is 16.2. The Kier molecular flexibility index (Phi) is 7.59. The molecule has 3 N–H and O–H groups in total. The summed E-state index contributed by atoms with van der Waals surface area (Å²) in [5.74, 6) is 0.429. The molecule has 0 aromatic heterocycles. The number of carbonyl (C=O) groups is 1. The van der Waals surface area contributed by atoms with Crippen molar-refractivity contribution in [1.29, 1.82) is 0 Å². The first-order valence-corrected chi connectivity index (χ1v) is 6.93. The lowest BCUT2D eigenvalue weighted by Crippen LogP contribution is -2.22. The summed E-state index contributed by atoms with van der Waals surface area (Å²) < 4.78 is 0. The summed E-state index contributed by atoms with van der Waals surface area (Å²) in [6.45, 7) is 2.96. The minimum Gasteiger partial charge on any atom is -0.383 e. The molecule has 0 atom stereocenters. The fourth-order valence-electron chi connectivity index (χ4n) is 1.95. The summed E-state index contributed by atoms with van der Waals surface area (Å²) in [7, 11) is 0. The Morgan fingerprint density at radius 3 is 2.45 bits per heavy atom. The molecule has 22 heavy (non-hydrogen) atoms. The topological polar surface area (TPSA) is 67.5 Å². The van der Waals surface area contributed by atoms with Gasteiger partial charge in [-0.05, 0) is 24.6 Å². The van der Waals surface area contributed by atoms with Gasteiger partial charge in [0.15, 0.2) is 0 Å². The minimum atomic E-state index is -0.0700. The second-order valence-electron chi connectivity index (χ2n) is 4.63. The van der Waals surface area contributed by atoms with E-state index < -0.39 is 0 Å². The molecule has 0 aliphatic carbocycles. The third-order valence-electron chi connectivity index (χ3n) is 3.03. The van der Waals surface area contributed by atoms with Crippen molar-refractivity contribution < 1.29 is 4.79 Å². The molecule has 5 heteroatoms. The lowest BCUT2D eigenvalue weighted by atomic mass is 10.1. The molecule has 0 bridgehead atoms. The summed E-state index contributed by atoms with van der Waals surface area (Å²) in [6, 6.07) is 17.0. The van der Waals surface area contributed by atoms with Crippen molar-refractivity contribution in [2.45, 2.75) is 13.5 Å². The molecule has 0 aliphatic rings. The molecular formula is C17H20IN3O. The van der Waals surface area contributed by atoms with Crippen LogP contribution < -0.4 is 11.1 Å². The maximum atomic E-state index is 11.8. The van der Waals surface area contributed by atoms with Crippen LogP contribution in [-0.2, 0) is 6.54 Å². The van der Waals surface area contributed by atoms with Crippen molar-refractivity contribution in [3.05, 3.63) is 71.3 Å². The number of rotatable bonds is 5. The van der Waals surface area contributed by atoms with Crippen molar-refractivity contribution in [2.24, 2.45) is 10.7 Å². The first-order valence-electron chi connectivity index (χ1n) is 6.93. The SMILES string of the molecule is CCNC(=O)c1cccc(CN=C(N)c2ccccc2)c1.I. The highest BCUT2D eigenvalue weighted by Gasteiger charge is 2.04. The summed E-state index contributed by atoms with van der Waals surface area (Å²) in [5, 5.41) is 2.78. The van der Waals surface area contributed by atoms with Crippen molar-refractivity contribution in [1.82, 2.24) is 5.32 Å². The van der Waals surface area contributed by atoms with Crippen LogP contribution in [0.1, 0.15) is 28.4 Å². The second-order valence-corrected chi connectivity index (χ2v) is 4.63. The van der Waals surface area contributed by atoms with Gasteiger partial charge in [-0.25, -0.2) is 0 Å². The van der Waals surface area contributed by atoms with Crippen molar-refractivity contribution in [3.8, 4) is 0 Å². The predicted octanol–water partition coefficient (Wildman–Crippen LogP) is 2.96. The average molecular weight is 409 g/mol. The van der Waals surface area contributed by atoms with Crippen LogP contribution in [0.4, 0.5) is 0 Å². The predicted molar refractivity (Wildman–Crippen MR) is 101 cm³/mol. The number of amides is 1. The molecule has 2 rings (SSSR count). The Labute approximate surface area is 147 Å². The van der Waals surface area contributed by atoms with Crippen LogP contribution in [-0.4, -0.2) is 18.3 Å². The molecule has 2 aromatic rings. The molecule has 4 nitrogen and oxygen atoms in total. The largest absolute Gasteiger partial charge is 0.383 e. The van der Waals surface area contributed by atoms with Gasteiger partial charge >= 0.3 is 0 Å². The first-order chi connectivity index (χ1) is 10.2. The molecule has 0 radical (unpaired) electrons. The number of aliphatic imine (C=N–C) groups is 1. The second kappa shape index (κ2) is 9.19. The van der Waals surface area contributed by atoms with E-state index in [4.69, 9.17) is 5.73 Å². The summed E-state index contributed by atoms with van der Waals surface area (Å²) >= 11 is 0. The van der Waals surface area contributed by atoms with Crippen LogP contribution in [0, 0.1) is 0 Å². The number of benzene rings is 2. The van der Waals surface area contributed by atoms with E-state index in [2.05, 4.69) is 10.3 Å². The quantitative estimate of drug-likeness (QED) is 0.453. The Hall–Kier alpha value is -1.89. The minimum absolute atomic E-state index is 0. The maximum Gasteiger partial charge on any atom is 0.251 e. The zero-order valence-corrected chi connectivity index (χ0v) is 14.8. The first kappa shape index (κ1) is 18.2. The average Bonchev–Trinajstić information content (AvgIpc) is 2.54. The lowest BCUT2D eigenvalue weighted by molar-refractivity contribution is 0.0955. The van der Waals surface area contributed by atoms with E-state index in [1.165, 1.54) is 0 Å². The molecule has 0 unspecified atom stereocenters. The van der Waals surface area contributed by atoms with Crippen molar-refractivity contribution >= 4 is 35.7 Å². The molecule has 0 saturated heterocycles. The monoisotopic (exact) mass is 409 g/mol. The molecule has 0 saturated carbocycles. The molecular weight excluding hydrogens is 389 g/mol. The van der Waals surface area contributed by atoms with E-state index in [1.807, 2.05) is 55.5 Å². The van der Waals surface area contributed by atoms with Crippen LogP contribution in [0.15, 0.2) is 59.6 Å². The van der Waals surface area contributed by atoms with Gasteiger partial charge in [0.2, 0.25) is 0 Å². The summed E-state index contributed by atoms with van der Waals surface area (Å²) in [6.07, 6.45) is 0. The normalized spacial score (nSPS) is 10.7. The molecule has 0 spiro atoms. The number of nitrogens with zero attached hydrogens (tertiary/aromatic N) is 1. The number of hydrogen-bond acceptors (Lipinski definition) is 2. The van der Waals surface area contributed by atoms with Crippen LogP contribution in [0.5, 0.6) is 0 Å². The van der Waals surface area contributed by atoms with E-state index >= 15 is 0 Å². The Morgan fingerprint density at radius 2 is 1.77 bits per heavy atom. The van der Waals surface area contributed by atoms with Crippen molar-refractivity contribution in [3.63, 3.8) is 0 Å². The maximum absolute atomic E-state index is 11.8. The van der Waals surface area contributed by atoms with Crippen LogP contribution in [0.3, 0.4) is 0 Å². The van der Waals surface area contributed by atoms with Gasteiger partial charge in [-0.2, -0.15) is 0 Å². The summed E-state index contributed by atoms with van der Waals surface area (Å²) in [5.41, 5.74) is 8.46. The van der Waals surface area contributed by atoms with Gasteiger partial charge in [-0.3, -0.25) is 9.79 Å². The molecule has 116 valence electrons. The van der Waals surface area contributed by atoms with E-state index in [0.717, 1.165) is 11.1 Å². The number of hydrogen-bond donors (Lipinski definition) is 2. The highest BCUT2D eigenvalue weighted by molar-refractivity contribution is 14.0. The third-order valence-corrected chi connectivity index (χ3v) is 3.03. The standard InChI is InChI=1S/C17H19N3O.HI/c1-2-19-17(21)15-10-6-7-13(11-15)12-20-16(18)14-8-4-3-5-9-14;/h3-11H,2,12H2,1H3,(H2,18,20)(H,19,21);1H. The number of carbonyl (C=O) groups excluding carboxylic acids is 1. The van der Waals surface area contributed by atoms with Gasteiger partial charge in [0.25, 0.3) is 5.91 Å². The molecule has 0 aliphatic heterocycles. The van der Waals surface area contributed by atoms with Crippen LogP contribution in [0.2, 0.25) is 0 Å². The number of halogens is 1. The lowest BCUT2D eigenvalue weighted by Gasteiger charge is -2.05. The fourth-order valence-corrected chi connectivity index (χ4v) is 1.95. The number of nitrogens with one attached hydrogen (secondary N) is 1. The Morgan fingerprint density at radius 1 is 1.09 bits per heavy atom. The van der Waals surface area contributed by atoms with Gasteiger partial charge in [0, 0.05) is 17.7 Å². The van der Waals surface area contributed by atoms with Crippen LogP contribution in [0.25, 0.3) is 0 Å². The molecule has 0 heterocycles. The van der Waals surface area contributed by atoms with E-state index in [-0.39, 0.29) is 29.9 Å². The Bertz CT molecular complexity index is 641. The highest BCUT2D eigenvalue weighted by atomic mass is 127. The highest BCUT2D eigenvalue weighted by Crippen LogP contribution is 2.07. The zero-order chi connectivity index (χ0) is 15.1. The number of nitrogens with two attached hydrogens (primary N) is 1. The van der Waals surface area contributed by atoms with Gasteiger partial charge in [0.1, 0.15) is 5.84 Å². The van der Waals surface area contributed by atoms with E-state index in [0.29, 0.717) is 24.5 Å². The zero-order valence-electron chi connectivity index (χ0n) is 12.5. The van der Waals surface area contributed by atoms with Gasteiger partial charge in [-0.15, -0.1) is 24.0 Å². The van der Waals surface area contributed by atoms with Crippen LogP contribution >= 0.6 is 24.0 Å². The van der Waals surface area contributed by atoms with E-state index in [1.54, 1.807) is 6.07 Å². The van der Waals surface area contributed by atoms with Gasteiger partial charge < -0.3 is 11.1 Å². The molecule has 0 fully saturated rings. The smallest absolute Gasteiger partial charge is 0.251 e. The fraction of sp³-hybridized carbons (Fsp3) is 0.176. The van der Waals surface area contributed by atoms with Gasteiger partial charge in [-0.1, -0.05) is 42.5 Å². The van der Waals surface area contributed by atoms with E-state index in [9.17, 15) is 4.79 Å². The van der Waals surface area contributed by atoms with Gasteiger partial charge in [0.05, 0.1) is 6.54 Å². The Balaban J connectivity index is 0.00000242. The molecule has 2 aromatic carbocycles. The molecule has 1 amide bonds. The third kappa shape index (κ3) is 5.14.